The zero-order chi connectivity index (χ0) is 18.1. The van der Waals surface area contributed by atoms with E-state index in [1.54, 1.807) is 0 Å². The number of para-hydroxylation sites is 1. The molecular formula is C21H23N5. The summed E-state index contributed by atoms with van der Waals surface area (Å²) in [4.78, 5) is 6.99. The second-order valence-electron chi connectivity index (χ2n) is 6.92. The van der Waals surface area contributed by atoms with Gasteiger partial charge in [0.25, 0.3) is 0 Å². The molecule has 1 N–H and O–H groups in total. The molecule has 0 atom stereocenters. The highest BCUT2D eigenvalue weighted by atomic mass is 15.3. The first kappa shape index (κ1) is 16.5. The van der Waals surface area contributed by atoms with Gasteiger partial charge in [-0.2, -0.15) is 5.10 Å². The predicted molar refractivity (Wildman–Crippen MR) is 105 cm³/mol. The first-order chi connectivity index (χ1) is 12.6. The zero-order valence-corrected chi connectivity index (χ0v) is 15.5. The number of nitrogens with one attached hydrogen (secondary N) is 1. The third kappa shape index (κ3) is 3.12. The van der Waals surface area contributed by atoms with E-state index in [-0.39, 0.29) is 0 Å². The van der Waals surface area contributed by atoms with E-state index >= 15 is 0 Å². The summed E-state index contributed by atoms with van der Waals surface area (Å²) in [6, 6.07) is 10.5. The van der Waals surface area contributed by atoms with Crippen LogP contribution in [0.2, 0.25) is 0 Å². The molecule has 0 fully saturated rings. The topological polar surface area (TPSA) is 53.9 Å². The predicted octanol–water partition coefficient (Wildman–Crippen LogP) is 4.10. The summed E-state index contributed by atoms with van der Waals surface area (Å²) in [6.07, 6.45) is 4.68. The Bertz CT molecular complexity index is 951. The summed E-state index contributed by atoms with van der Waals surface area (Å²) < 4.78 is 0. The summed E-state index contributed by atoms with van der Waals surface area (Å²) in [6.45, 7) is 8.03. The van der Waals surface area contributed by atoms with Gasteiger partial charge in [-0.25, -0.2) is 0 Å². The number of anilines is 3. The van der Waals surface area contributed by atoms with Crippen LogP contribution in [0.1, 0.15) is 27.9 Å². The molecule has 3 aromatic rings. The standard InChI is InChI=1S/C21H23N5/c1-14-6-4-5-7-19(14)24-18-10-17-13-26(9-8-20(17)22-12-18)21-16(3)15(2)11-23-25-21/h4-7,10-12,24H,8-9,13H2,1-3H3. The Balaban J connectivity index is 1.60. The lowest BCUT2D eigenvalue weighted by atomic mass is 10.0. The van der Waals surface area contributed by atoms with Gasteiger partial charge in [-0.15, -0.1) is 5.10 Å². The van der Waals surface area contributed by atoms with E-state index in [4.69, 9.17) is 0 Å². The number of hydrogen-bond donors (Lipinski definition) is 1. The minimum Gasteiger partial charge on any atom is -0.354 e. The van der Waals surface area contributed by atoms with Crippen molar-refractivity contribution in [1.29, 1.82) is 0 Å². The first-order valence-electron chi connectivity index (χ1n) is 8.96. The largest absolute Gasteiger partial charge is 0.354 e. The minimum atomic E-state index is 0.810. The van der Waals surface area contributed by atoms with Crippen LogP contribution in [0.25, 0.3) is 0 Å². The van der Waals surface area contributed by atoms with Gasteiger partial charge < -0.3 is 10.2 Å². The lowest BCUT2D eigenvalue weighted by molar-refractivity contribution is 0.692. The van der Waals surface area contributed by atoms with E-state index in [1.165, 1.54) is 27.9 Å². The van der Waals surface area contributed by atoms with Crippen molar-refractivity contribution < 1.29 is 0 Å². The van der Waals surface area contributed by atoms with Gasteiger partial charge in [0.15, 0.2) is 5.82 Å². The van der Waals surface area contributed by atoms with E-state index < -0.39 is 0 Å². The number of aryl methyl sites for hydroxylation is 2. The van der Waals surface area contributed by atoms with Crippen molar-refractivity contribution in [3.8, 4) is 0 Å². The molecule has 0 unspecified atom stereocenters. The Kier molecular flexibility index (Phi) is 4.29. The molecule has 2 aromatic heterocycles. The van der Waals surface area contributed by atoms with Crippen LogP contribution in [0, 0.1) is 20.8 Å². The van der Waals surface area contributed by atoms with E-state index in [0.717, 1.165) is 36.7 Å². The molecule has 132 valence electrons. The third-order valence-corrected chi connectivity index (χ3v) is 5.09. The second kappa shape index (κ2) is 6.75. The number of rotatable bonds is 3. The molecule has 0 saturated carbocycles. The minimum absolute atomic E-state index is 0.810. The molecular weight excluding hydrogens is 322 g/mol. The van der Waals surface area contributed by atoms with Crippen LogP contribution in [0.4, 0.5) is 17.2 Å². The Labute approximate surface area is 154 Å². The Morgan fingerprint density at radius 3 is 2.73 bits per heavy atom. The quantitative estimate of drug-likeness (QED) is 0.774. The number of aromatic nitrogens is 3. The van der Waals surface area contributed by atoms with Gasteiger partial charge in [0.2, 0.25) is 0 Å². The van der Waals surface area contributed by atoms with Gasteiger partial charge >= 0.3 is 0 Å². The van der Waals surface area contributed by atoms with Crippen LogP contribution in [0.5, 0.6) is 0 Å². The van der Waals surface area contributed by atoms with Gasteiger partial charge in [-0.05, 0) is 55.2 Å². The number of hydrogen-bond acceptors (Lipinski definition) is 5. The zero-order valence-electron chi connectivity index (χ0n) is 15.5. The van der Waals surface area contributed by atoms with Gasteiger partial charge in [-0.3, -0.25) is 4.98 Å². The average molecular weight is 345 g/mol. The molecule has 1 aliphatic heterocycles. The molecule has 0 saturated heterocycles. The van der Waals surface area contributed by atoms with Crippen LogP contribution in [0.3, 0.4) is 0 Å². The lowest BCUT2D eigenvalue weighted by Crippen LogP contribution is -2.32. The van der Waals surface area contributed by atoms with Crippen molar-refractivity contribution in [2.45, 2.75) is 33.7 Å². The summed E-state index contributed by atoms with van der Waals surface area (Å²) in [5.74, 6) is 0.980. The fourth-order valence-corrected chi connectivity index (χ4v) is 3.36. The van der Waals surface area contributed by atoms with Gasteiger partial charge in [0.1, 0.15) is 0 Å². The molecule has 0 amide bonds. The number of pyridine rings is 1. The first-order valence-corrected chi connectivity index (χ1v) is 8.96. The van der Waals surface area contributed by atoms with Crippen molar-refractivity contribution in [2.75, 3.05) is 16.8 Å². The maximum Gasteiger partial charge on any atom is 0.154 e. The number of fused-ring (bicyclic) bond motifs is 1. The summed E-state index contributed by atoms with van der Waals surface area (Å²) in [5.41, 5.74) is 8.15. The number of benzene rings is 1. The monoisotopic (exact) mass is 345 g/mol. The maximum absolute atomic E-state index is 4.69. The Hall–Kier alpha value is -2.95. The molecule has 3 heterocycles. The van der Waals surface area contributed by atoms with Gasteiger partial charge in [0.05, 0.1) is 18.1 Å². The SMILES string of the molecule is Cc1ccccc1Nc1cnc2c(c1)CN(c1nncc(C)c1C)CC2. The highest BCUT2D eigenvalue weighted by molar-refractivity contribution is 5.63. The summed E-state index contributed by atoms with van der Waals surface area (Å²) in [7, 11) is 0. The van der Waals surface area contributed by atoms with Crippen molar-refractivity contribution >= 4 is 17.2 Å². The molecule has 0 aliphatic carbocycles. The van der Waals surface area contributed by atoms with Crippen molar-refractivity contribution in [1.82, 2.24) is 15.2 Å². The van der Waals surface area contributed by atoms with Crippen LogP contribution in [-0.2, 0) is 13.0 Å². The maximum atomic E-state index is 4.69. The summed E-state index contributed by atoms with van der Waals surface area (Å²) >= 11 is 0. The van der Waals surface area contributed by atoms with E-state index in [9.17, 15) is 0 Å². The van der Waals surface area contributed by atoms with Crippen LogP contribution in [-0.4, -0.2) is 21.7 Å². The molecule has 1 aliphatic rings. The third-order valence-electron chi connectivity index (χ3n) is 5.09. The number of nitrogens with zero attached hydrogens (tertiary/aromatic N) is 4. The Morgan fingerprint density at radius 2 is 1.88 bits per heavy atom. The molecule has 26 heavy (non-hydrogen) atoms. The molecule has 0 spiro atoms. The van der Waals surface area contributed by atoms with Crippen molar-refractivity contribution in [3.05, 3.63) is 70.7 Å². The van der Waals surface area contributed by atoms with E-state index in [2.05, 4.69) is 70.4 Å². The van der Waals surface area contributed by atoms with Gasteiger partial charge in [-0.1, -0.05) is 18.2 Å². The van der Waals surface area contributed by atoms with Crippen LogP contribution >= 0.6 is 0 Å². The fraction of sp³-hybridized carbons (Fsp3) is 0.286. The Morgan fingerprint density at radius 1 is 1.04 bits per heavy atom. The average Bonchev–Trinajstić information content (AvgIpc) is 2.65. The van der Waals surface area contributed by atoms with Crippen molar-refractivity contribution in [2.24, 2.45) is 0 Å². The van der Waals surface area contributed by atoms with Crippen molar-refractivity contribution in [3.63, 3.8) is 0 Å². The van der Waals surface area contributed by atoms with Crippen LogP contribution < -0.4 is 10.2 Å². The molecule has 0 bridgehead atoms. The summed E-state index contributed by atoms with van der Waals surface area (Å²) in [5, 5.41) is 12.0. The van der Waals surface area contributed by atoms with E-state index in [0.29, 0.717) is 0 Å². The fourth-order valence-electron chi connectivity index (χ4n) is 3.36. The molecule has 5 nitrogen and oxygen atoms in total. The second-order valence-corrected chi connectivity index (χ2v) is 6.92. The highest BCUT2D eigenvalue weighted by Gasteiger charge is 2.21. The lowest BCUT2D eigenvalue weighted by Gasteiger charge is -2.30. The molecule has 4 rings (SSSR count). The normalized spacial score (nSPS) is 13.4. The van der Waals surface area contributed by atoms with Crippen LogP contribution in [0.15, 0.2) is 42.7 Å². The smallest absolute Gasteiger partial charge is 0.154 e. The highest BCUT2D eigenvalue weighted by Crippen LogP contribution is 2.28. The van der Waals surface area contributed by atoms with E-state index in [1.807, 2.05) is 18.5 Å². The molecule has 0 radical (unpaired) electrons. The molecule has 1 aromatic carbocycles. The molecule has 5 heteroatoms. The van der Waals surface area contributed by atoms with Gasteiger partial charge in [0, 0.05) is 30.9 Å².